The maximum Gasteiger partial charge on any atom is 0.255 e. The van der Waals surface area contributed by atoms with Gasteiger partial charge in [0.2, 0.25) is 0 Å². The molecule has 7 heteroatoms. The number of imidazole rings is 1. The summed E-state index contributed by atoms with van der Waals surface area (Å²) < 4.78 is 7.37. The SMILES string of the molecule is CC.COc1ccc2nc(SCc3ccc(C(=O)Nc4ccccc4N)cc3)n(C)c2c1. The molecule has 1 amide bonds. The van der Waals surface area contributed by atoms with E-state index in [9.17, 15) is 4.79 Å². The summed E-state index contributed by atoms with van der Waals surface area (Å²) in [5, 5.41) is 3.77. The van der Waals surface area contributed by atoms with Crippen molar-refractivity contribution in [2.24, 2.45) is 7.05 Å². The van der Waals surface area contributed by atoms with Crippen LogP contribution in [0.3, 0.4) is 0 Å². The van der Waals surface area contributed by atoms with E-state index < -0.39 is 0 Å². The number of rotatable bonds is 6. The normalized spacial score (nSPS) is 10.4. The number of ether oxygens (including phenoxy) is 1. The minimum absolute atomic E-state index is 0.184. The topological polar surface area (TPSA) is 82.2 Å². The first-order valence-corrected chi connectivity index (χ1v) is 11.4. The van der Waals surface area contributed by atoms with Crippen LogP contribution in [-0.2, 0) is 12.8 Å². The van der Waals surface area contributed by atoms with E-state index >= 15 is 0 Å². The van der Waals surface area contributed by atoms with Gasteiger partial charge in [-0.1, -0.05) is 49.9 Å². The number of nitrogens with two attached hydrogens (primary N) is 1. The second kappa shape index (κ2) is 10.7. The van der Waals surface area contributed by atoms with Gasteiger partial charge in [0.1, 0.15) is 5.75 Å². The summed E-state index contributed by atoms with van der Waals surface area (Å²) in [6.45, 7) is 4.00. The van der Waals surface area contributed by atoms with Gasteiger partial charge in [0, 0.05) is 24.4 Å². The smallest absolute Gasteiger partial charge is 0.255 e. The van der Waals surface area contributed by atoms with Gasteiger partial charge in [-0.15, -0.1) is 0 Å². The molecule has 0 saturated heterocycles. The van der Waals surface area contributed by atoms with E-state index in [1.807, 2.05) is 75.5 Å². The van der Waals surface area contributed by atoms with Crippen molar-refractivity contribution in [3.63, 3.8) is 0 Å². The Bertz CT molecular complexity index is 1200. The Hall–Kier alpha value is -3.45. The molecule has 0 radical (unpaired) electrons. The lowest BCUT2D eigenvalue weighted by molar-refractivity contribution is 0.102. The number of thioether (sulfide) groups is 1. The molecule has 4 aromatic rings. The van der Waals surface area contributed by atoms with Crippen LogP contribution in [0.15, 0.2) is 71.9 Å². The lowest BCUT2D eigenvalue weighted by atomic mass is 10.1. The van der Waals surface area contributed by atoms with E-state index in [2.05, 4.69) is 9.88 Å². The quantitative estimate of drug-likeness (QED) is 0.291. The maximum atomic E-state index is 12.5. The molecule has 0 atom stereocenters. The van der Waals surface area contributed by atoms with E-state index in [0.717, 1.165) is 33.3 Å². The summed E-state index contributed by atoms with van der Waals surface area (Å²) >= 11 is 1.65. The molecule has 0 unspecified atom stereocenters. The number of nitrogens with one attached hydrogen (secondary N) is 1. The molecule has 0 spiro atoms. The number of carbonyl (C=O) groups is 1. The highest BCUT2D eigenvalue weighted by Gasteiger charge is 2.11. The van der Waals surface area contributed by atoms with Crippen molar-refractivity contribution >= 4 is 40.1 Å². The molecule has 6 nitrogen and oxygen atoms in total. The Balaban J connectivity index is 0.00000141. The highest BCUT2D eigenvalue weighted by atomic mass is 32.2. The average molecular weight is 449 g/mol. The number of amides is 1. The Morgan fingerprint density at radius 2 is 1.81 bits per heavy atom. The molecular weight excluding hydrogens is 420 g/mol. The first-order chi connectivity index (χ1) is 15.5. The van der Waals surface area contributed by atoms with E-state index in [1.54, 1.807) is 31.0 Å². The summed E-state index contributed by atoms with van der Waals surface area (Å²) in [5.41, 5.74) is 10.7. The first kappa shape index (κ1) is 23.2. The van der Waals surface area contributed by atoms with Crippen LogP contribution >= 0.6 is 11.8 Å². The van der Waals surface area contributed by atoms with Gasteiger partial charge in [0.25, 0.3) is 5.91 Å². The van der Waals surface area contributed by atoms with Crippen LogP contribution in [0.4, 0.5) is 11.4 Å². The Morgan fingerprint density at radius 3 is 2.50 bits per heavy atom. The summed E-state index contributed by atoms with van der Waals surface area (Å²) in [7, 11) is 3.66. The zero-order valence-corrected chi connectivity index (χ0v) is 19.6. The van der Waals surface area contributed by atoms with Gasteiger partial charge >= 0.3 is 0 Å². The third-order valence-electron chi connectivity index (χ3n) is 4.84. The minimum atomic E-state index is -0.184. The van der Waals surface area contributed by atoms with E-state index in [4.69, 9.17) is 15.5 Å². The van der Waals surface area contributed by atoms with Gasteiger partial charge in [0.05, 0.1) is 29.5 Å². The first-order valence-electron chi connectivity index (χ1n) is 10.4. The standard InChI is InChI=1S/C23H22N4O2S.C2H6/c1-27-21-13-17(29-2)11-12-20(21)26-23(27)30-14-15-7-9-16(10-8-15)22(28)25-19-6-4-3-5-18(19)24;1-2/h3-13H,14,24H2,1-2H3,(H,25,28);1-2H3. The number of nitrogens with zero attached hydrogens (tertiary/aromatic N) is 2. The number of benzene rings is 3. The van der Waals surface area contributed by atoms with Crippen LogP contribution in [0.5, 0.6) is 5.75 Å². The number of fused-ring (bicyclic) bond motifs is 1. The number of para-hydroxylation sites is 2. The molecule has 0 saturated carbocycles. The molecule has 0 aliphatic carbocycles. The number of anilines is 2. The van der Waals surface area contributed by atoms with Crippen molar-refractivity contribution in [3.05, 3.63) is 77.9 Å². The van der Waals surface area contributed by atoms with Gasteiger partial charge in [0.15, 0.2) is 5.16 Å². The molecule has 0 aliphatic heterocycles. The fourth-order valence-electron chi connectivity index (χ4n) is 3.11. The van der Waals surface area contributed by atoms with Gasteiger partial charge in [-0.05, 0) is 42.0 Å². The van der Waals surface area contributed by atoms with Gasteiger partial charge in [-0.25, -0.2) is 4.98 Å². The van der Waals surface area contributed by atoms with Crippen molar-refractivity contribution in [2.75, 3.05) is 18.2 Å². The lowest BCUT2D eigenvalue weighted by Crippen LogP contribution is -2.13. The van der Waals surface area contributed by atoms with Crippen molar-refractivity contribution in [3.8, 4) is 5.75 Å². The molecule has 32 heavy (non-hydrogen) atoms. The lowest BCUT2D eigenvalue weighted by Gasteiger charge is -2.08. The van der Waals surface area contributed by atoms with Crippen LogP contribution in [0.1, 0.15) is 29.8 Å². The number of hydrogen-bond donors (Lipinski definition) is 2. The molecule has 1 aromatic heterocycles. The van der Waals surface area contributed by atoms with Crippen molar-refractivity contribution in [1.82, 2.24) is 9.55 Å². The molecule has 3 aromatic carbocycles. The van der Waals surface area contributed by atoms with E-state index in [-0.39, 0.29) is 5.91 Å². The van der Waals surface area contributed by atoms with Crippen LogP contribution in [0.2, 0.25) is 0 Å². The molecule has 3 N–H and O–H groups in total. The zero-order chi connectivity index (χ0) is 23.1. The van der Waals surface area contributed by atoms with Crippen LogP contribution in [0.25, 0.3) is 11.0 Å². The zero-order valence-electron chi connectivity index (χ0n) is 18.8. The van der Waals surface area contributed by atoms with Gasteiger partial charge in [-0.3, -0.25) is 4.79 Å². The van der Waals surface area contributed by atoms with Crippen LogP contribution in [0, 0.1) is 0 Å². The molecule has 1 heterocycles. The van der Waals surface area contributed by atoms with Crippen LogP contribution < -0.4 is 15.8 Å². The van der Waals surface area contributed by atoms with Crippen molar-refractivity contribution in [1.29, 1.82) is 0 Å². The summed E-state index contributed by atoms with van der Waals surface area (Å²) in [5.74, 6) is 1.38. The van der Waals surface area contributed by atoms with Crippen molar-refractivity contribution < 1.29 is 9.53 Å². The predicted molar refractivity (Wildman–Crippen MR) is 133 cm³/mol. The highest BCUT2D eigenvalue weighted by Crippen LogP contribution is 2.28. The fraction of sp³-hybridized carbons (Fsp3) is 0.200. The number of carbonyl (C=O) groups excluding carboxylic acids is 1. The molecule has 4 rings (SSSR count). The fourth-order valence-corrected chi connectivity index (χ4v) is 4.05. The number of aromatic nitrogens is 2. The molecule has 166 valence electrons. The monoisotopic (exact) mass is 448 g/mol. The second-order valence-corrected chi connectivity index (χ2v) is 7.78. The Kier molecular flexibility index (Phi) is 7.78. The Morgan fingerprint density at radius 1 is 1.09 bits per heavy atom. The van der Waals surface area contributed by atoms with Gasteiger partial charge < -0.3 is 20.4 Å². The van der Waals surface area contributed by atoms with E-state index in [1.165, 1.54) is 0 Å². The minimum Gasteiger partial charge on any atom is -0.497 e. The van der Waals surface area contributed by atoms with Gasteiger partial charge in [-0.2, -0.15) is 0 Å². The maximum absolute atomic E-state index is 12.5. The van der Waals surface area contributed by atoms with Crippen LogP contribution in [-0.4, -0.2) is 22.6 Å². The van der Waals surface area contributed by atoms with E-state index in [0.29, 0.717) is 16.9 Å². The predicted octanol–water partition coefficient (Wildman–Crippen LogP) is 5.73. The number of aryl methyl sites for hydroxylation is 1. The molecule has 0 aliphatic rings. The number of hydrogen-bond acceptors (Lipinski definition) is 5. The summed E-state index contributed by atoms with van der Waals surface area (Å²) in [6.07, 6.45) is 0. The second-order valence-electron chi connectivity index (χ2n) is 6.84. The molecule has 0 fully saturated rings. The molecule has 0 bridgehead atoms. The Labute approximate surface area is 192 Å². The summed E-state index contributed by atoms with van der Waals surface area (Å²) in [6, 6.07) is 20.6. The number of methoxy groups -OCH3 is 1. The third-order valence-corrected chi connectivity index (χ3v) is 5.94. The molecular formula is C25H28N4O2S. The third kappa shape index (κ3) is 5.23. The average Bonchev–Trinajstić information content (AvgIpc) is 3.15. The van der Waals surface area contributed by atoms with Crippen molar-refractivity contribution in [2.45, 2.75) is 24.8 Å². The summed E-state index contributed by atoms with van der Waals surface area (Å²) in [4.78, 5) is 17.2. The highest BCUT2D eigenvalue weighted by molar-refractivity contribution is 7.98. The largest absolute Gasteiger partial charge is 0.497 e. The number of nitrogen functional groups attached to an aromatic ring is 1.